The SMILES string of the molecule is CCCNC(C(C)C)C(C)c1cc(OC)ccc1OC. The number of methoxy groups -OCH3 is 2. The van der Waals surface area contributed by atoms with Crippen molar-refractivity contribution in [2.45, 2.75) is 46.1 Å². The van der Waals surface area contributed by atoms with Gasteiger partial charge < -0.3 is 14.8 Å². The van der Waals surface area contributed by atoms with Crippen molar-refractivity contribution in [1.82, 2.24) is 5.32 Å². The summed E-state index contributed by atoms with van der Waals surface area (Å²) in [6.45, 7) is 10.0. The van der Waals surface area contributed by atoms with Crippen LogP contribution in [-0.4, -0.2) is 26.8 Å². The van der Waals surface area contributed by atoms with E-state index in [9.17, 15) is 0 Å². The fourth-order valence-electron chi connectivity index (χ4n) is 2.69. The summed E-state index contributed by atoms with van der Waals surface area (Å²) in [5.41, 5.74) is 1.20. The first-order chi connectivity index (χ1) is 9.54. The van der Waals surface area contributed by atoms with Crippen molar-refractivity contribution in [1.29, 1.82) is 0 Å². The number of ether oxygens (including phenoxy) is 2. The molecule has 0 bridgehead atoms. The number of hydrogen-bond donors (Lipinski definition) is 1. The molecule has 20 heavy (non-hydrogen) atoms. The molecule has 1 rings (SSSR count). The summed E-state index contributed by atoms with van der Waals surface area (Å²) in [6, 6.07) is 6.45. The molecule has 2 unspecified atom stereocenters. The molecule has 0 spiro atoms. The van der Waals surface area contributed by atoms with E-state index < -0.39 is 0 Å². The van der Waals surface area contributed by atoms with E-state index in [1.807, 2.05) is 12.1 Å². The van der Waals surface area contributed by atoms with Crippen molar-refractivity contribution in [3.05, 3.63) is 23.8 Å². The molecule has 0 aliphatic rings. The Morgan fingerprint density at radius 2 is 1.80 bits per heavy atom. The van der Waals surface area contributed by atoms with E-state index in [-0.39, 0.29) is 0 Å². The van der Waals surface area contributed by atoms with Crippen LogP contribution < -0.4 is 14.8 Å². The van der Waals surface area contributed by atoms with E-state index >= 15 is 0 Å². The summed E-state index contributed by atoms with van der Waals surface area (Å²) in [5, 5.41) is 3.66. The van der Waals surface area contributed by atoms with Crippen LogP contribution in [0.4, 0.5) is 0 Å². The van der Waals surface area contributed by atoms with E-state index in [0.29, 0.717) is 17.9 Å². The van der Waals surface area contributed by atoms with Crippen LogP contribution in [0.5, 0.6) is 11.5 Å². The lowest BCUT2D eigenvalue weighted by atomic mass is 9.85. The molecule has 3 nitrogen and oxygen atoms in total. The number of rotatable bonds is 8. The Hall–Kier alpha value is -1.22. The van der Waals surface area contributed by atoms with Crippen LogP contribution in [0.1, 0.15) is 45.6 Å². The fraction of sp³-hybridized carbons (Fsp3) is 0.647. The summed E-state index contributed by atoms with van der Waals surface area (Å²) in [7, 11) is 3.42. The molecule has 0 amide bonds. The second kappa shape index (κ2) is 8.15. The lowest BCUT2D eigenvalue weighted by Gasteiger charge is -2.30. The predicted molar refractivity (Wildman–Crippen MR) is 84.9 cm³/mol. The first-order valence-corrected chi connectivity index (χ1v) is 7.50. The van der Waals surface area contributed by atoms with Crippen molar-refractivity contribution in [3.63, 3.8) is 0 Å². The van der Waals surface area contributed by atoms with Gasteiger partial charge in [-0.15, -0.1) is 0 Å². The predicted octanol–water partition coefficient (Wildman–Crippen LogP) is 3.83. The van der Waals surface area contributed by atoms with Crippen LogP contribution in [0.3, 0.4) is 0 Å². The summed E-state index contributed by atoms with van der Waals surface area (Å²) in [4.78, 5) is 0. The highest BCUT2D eigenvalue weighted by Crippen LogP contribution is 2.34. The third kappa shape index (κ3) is 4.14. The van der Waals surface area contributed by atoms with Crippen LogP contribution in [0, 0.1) is 5.92 Å². The lowest BCUT2D eigenvalue weighted by molar-refractivity contribution is 0.340. The van der Waals surface area contributed by atoms with Gasteiger partial charge in [-0.25, -0.2) is 0 Å². The highest BCUT2D eigenvalue weighted by molar-refractivity contribution is 5.43. The maximum absolute atomic E-state index is 5.52. The molecule has 0 saturated heterocycles. The average molecular weight is 279 g/mol. The molecule has 0 saturated carbocycles. The highest BCUT2D eigenvalue weighted by Gasteiger charge is 2.24. The fourth-order valence-corrected chi connectivity index (χ4v) is 2.69. The topological polar surface area (TPSA) is 30.5 Å². The summed E-state index contributed by atoms with van der Waals surface area (Å²) >= 11 is 0. The molecule has 1 aromatic carbocycles. The Labute approximate surface area is 123 Å². The third-order valence-electron chi connectivity index (χ3n) is 3.81. The Morgan fingerprint density at radius 1 is 1.10 bits per heavy atom. The van der Waals surface area contributed by atoms with Gasteiger partial charge in [0.05, 0.1) is 14.2 Å². The number of nitrogens with one attached hydrogen (secondary N) is 1. The van der Waals surface area contributed by atoms with E-state index in [1.54, 1.807) is 14.2 Å². The average Bonchev–Trinajstić information content (AvgIpc) is 2.46. The minimum Gasteiger partial charge on any atom is -0.497 e. The number of hydrogen-bond acceptors (Lipinski definition) is 3. The van der Waals surface area contributed by atoms with Gasteiger partial charge in [-0.2, -0.15) is 0 Å². The quantitative estimate of drug-likeness (QED) is 0.784. The molecule has 2 atom stereocenters. The smallest absolute Gasteiger partial charge is 0.122 e. The maximum Gasteiger partial charge on any atom is 0.122 e. The van der Waals surface area contributed by atoms with Crippen LogP contribution in [0.15, 0.2) is 18.2 Å². The van der Waals surface area contributed by atoms with Crippen molar-refractivity contribution < 1.29 is 9.47 Å². The molecule has 3 heteroatoms. The molecule has 0 aliphatic carbocycles. The molecule has 0 fully saturated rings. The molecule has 1 aromatic rings. The second-order valence-corrected chi connectivity index (χ2v) is 5.62. The van der Waals surface area contributed by atoms with Crippen LogP contribution in [0.25, 0.3) is 0 Å². The van der Waals surface area contributed by atoms with Gasteiger partial charge in [-0.1, -0.05) is 27.7 Å². The third-order valence-corrected chi connectivity index (χ3v) is 3.81. The maximum atomic E-state index is 5.52. The van der Waals surface area contributed by atoms with Crippen LogP contribution in [-0.2, 0) is 0 Å². The van der Waals surface area contributed by atoms with Gasteiger partial charge in [0.2, 0.25) is 0 Å². The summed E-state index contributed by atoms with van der Waals surface area (Å²) in [6.07, 6.45) is 1.14. The summed E-state index contributed by atoms with van der Waals surface area (Å²) < 4.78 is 10.9. The summed E-state index contributed by atoms with van der Waals surface area (Å²) in [5.74, 6) is 2.74. The molecule has 0 heterocycles. The zero-order valence-electron chi connectivity index (χ0n) is 13.7. The molecule has 114 valence electrons. The highest BCUT2D eigenvalue weighted by atomic mass is 16.5. The van der Waals surface area contributed by atoms with E-state index in [0.717, 1.165) is 24.5 Å². The Bertz CT molecular complexity index is 404. The van der Waals surface area contributed by atoms with Crippen molar-refractivity contribution in [3.8, 4) is 11.5 Å². The van der Waals surface area contributed by atoms with Crippen LogP contribution in [0.2, 0.25) is 0 Å². The Morgan fingerprint density at radius 3 is 2.30 bits per heavy atom. The molecular weight excluding hydrogens is 250 g/mol. The van der Waals surface area contributed by atoms with Gasteiger partial charge in [-0.3, -0.25) is 0 Å². The van der Waals surface area contributed by atoms with Gasteiger partial charge in [0.25, 0.3) is 0 Å². The van der Waals surface area contributed by atoms with Crippen molar-refractivity contribution in [2.75, 3.05) is 20.8 Å². The van der Waals surface area contributed by atoms with Gasteiger partial charge in [0, 0.05) is 17.5 Å². The minimum atomic E-state index is 0.367. The van der Waals surface area contributed by atoms with Gasteiger partial charge >= 0.3 is 0 Å². The largest absolute Gasteiger partial charge is 0.497 e. The standard InChI is InChI=1S/C17H29NO2/c1-7-10-18-17(12(2)3)13(4)15-11-14(19-5)8-9-16(15)20-6/h8-9,11-13,17-18H,7,10H2,1-6H3. The monoisotopic (exact) mass is 279 g/mol. The van der Waals surface area contributed by atoms with E-state index in [1.165, 1.54) is 5.56 Å². The lowest BCUT2D eigenvalue weighted by Crippen LogP contribution is -2.38. The molecular formula is C17H29NO2. The first kappa shape index (κ1) is 16.8. The Balaban J connectivity index is 3.05. The van der Waals surface area contributed by atoms with E-state index in [2.05, 4.69) is 39.1 Å². The Kier molecular flexibility index (Phi) is 6.86. The first-order valence-electron chi connectivity index (χ1n) is 7.50. The molecule has 0 radical (unpaired) electrons. The van der Waals surface area contributed by atoms with E-state index in [4.69, 9.17) is 9.47 Å². The zero-order valence-corrected chi connectivity index (χ0v) is 13.7. The van der Waals surface area contributed by atoms with Gasteiger partial charge in [0.1, 0.15) is 11.5 Å². The van der Waals surface area contributed by atoms with Gasteiger partial charge in [-0.05, 0) is 37.1 Å². The minimum absolute atomic E-state index is 0.367. The molecule has 0 aliphatic heterocycles. The van der Waals surface area contributed by atoms with Crippen molar-refractivity contribution in [2.24, 2.45) is 5.92 Å². The van der Waals surface area contributed by atoms with Crippen LogP contribution >= 0.6 is 0 Å². The number of benzene rings is 1. The van der Waals surface area contributed by atoms with Gasteiger partial charge in [0.15, 0.2) is 0 Å². The normalized spacial score (nSPS) is 14.2. The van der Waals surface area contributed by atoms with Crippen molar-refractivity contribution >= 4 is 0 Å². The molecule has 1 N–H and O–H groups in total. The molecule has 0 aromatic heterocycles. The zero-order chi connectivity index (χ0) is 15.1. The second-order valence-electron chi connectivity index (χ2n) is 5.62.